The van der Waals surface area contributed by atoms with Crippen molar-refractivity contribution >= 4 is 28.5 Å². The molecule has 13 heteroatoms. The van der Waals surface area contributed by atoms with E-state index in [0.717, 1.165) is 51.3 Å². The van der Waals surface area contributed by atoms with Crippen LogP contribution in [0.4, 0.5) is 35.0 Å². The Bertz CT molecular complexity index is 1240. The summed E-state index contributed by atoms with van der Waals surface area (Å²) >= 11 is 0. The fourth-order valence-electron chi connectivity index (χ4n) is 5.08. The summed E-state index contributed by atoms with van der Waals surface area (Å²) in [6.07, 6.45) is -0.985. The van der Waals surface area contributed by atoms with E-state index in [1.807, 2.05) is 0 Å². The predicted octanol–water partition coefficient (Wildman–Crippen LogP) is 4.07. The number of benzene rings is 1. The molecular weight excluding hydrogens is 516 g/mol. The molecule has 1 aromatic carbocycles. The molecule has 2 saturated heterocycles. The van der Waals surface area contributed by atoms with E-state index in [4.69, 9.17) is 19.8 Å². The number of halogens is 4. The first-order valence-corrected chi connectivity index (χ1v) is 13.4. The van der Waals surface area contributed by atoms with Crippen LogP contribution in [-0.4, -0.2) is 82.8 Å². The van der Waals surface area contributed by atoms with Gasteiger partial charge in [0.25, 0.3) is 0 Å². The highest BCUT2D eigenvalue weighted by Gasteiger charge is 2.28. The summed E-state index contributed by atoms with van der Waals surface area (Å²) < 4.78 is 58.1. The van der Waals surface area contributed by atoms with Gasteiger partial charge in [0.2, 0.25) is 5.95 Å². The first-order chi connectivity index (χ1) is 18.7. The molecule has 212 valence electrons. The van der Waals surface area contributed by atoms with E-state index in [1.54, 1.807) is 16.8 Å². The number of piperidine rings is 1. The van der Waals surface area contributed by atoms with Gasteiger partial charge in [-0.1, -0.05) is 6.42 Å². The molecule has 2 N–H and O–H groups in total. The van der Waals surface area contributed by atoms with Crippen LogP contribution in [0.15, 0.2) is 24.3 Å². The van der Waals surface area contributed by atoms with Crippen molar-refractivity contribution in [3.63, 3.8) is 0 Å². The second-order valence-corrected chi connectivity index (χ2v) is 10.2. The summed E-state index contributed by atoms with van der Waals surface area (Å²) in [5, 5.41) is 11.5. The van der Waals surface area contributed by atoms with Gasteiger partial charge in [0.05, 0.1) is 13.2 Å². The minimum Gasteiger partial charge on any atom is -0.370 e. The molecule has 1 unspecified atom stereocenters. The summed E-state index contributed by atoms with van der Waals surface area (Å²) in [4.78, 5) is 14.3. The van der Waals surface area contributed by atoms with Crippen molar-refractivity contribution in [1.29, 1.82) is 0 Å². The van der Waals surface area contributed by atoms with Gasteiger partial charge >= 0.3 is 6.18 Å². The highest BCUT2D eigenvalue weighted by atomic mass is 19.4. The first kappa shape index (κ1) is 27.5. The molecular formula is C26H34F4N8O. The fraction of sp³-hybridized carbons (Fsp3) is 0.577. The average molecular weight is 551 g/mol. The number of hydrogen-bond acceptors (Lipinski definition) is 8. The molecule has 4 heterocycles. The van der Waals surface area contributed by atoms with Gasteiger partial charge in [-0.15, -0.1) is 0 Å². The van der Waals surface area contributed by atoms with Crippen LogP contribution in [0, 0.1) is 5.82 Å². The lowest BCUT2D eigenvalue weighted by Crippen LogP contribution is -2.49. The number of anilines is 3. The number of piperazine rings is 1. The Labute approximate surface area is 224 Å². The van der Waals surface area contributed by atoms with E-state index >= 15 is 0 Å². The van der Waals surface area contributed by atoms with Gasteiger partial charge in [0, 0.05) is 37.9 Å². The van der Waals surface area contributed by atoms with Crippen molar-refractivity contribution in [2.45, 2.75) is 51.5 Å². The molecule has 0 radical (unpaired) electrons. The van der Waals surface area contributed by atoms with Crippen molar-refractivity contribution in [2.24, 2.45) is 0 Å². The second-order valence-electron chi connectivity index (χ2n) is 10.2. The highest BCUT2D eigenvalue weighted by molar-refractivity contribution is 5.90. The Morgan fingerprint density at radius 3 is 2.56 bits per heavy atom. The zero-order valence-corrected chi connectivity index (χ0v) is 22.0. The lowest BCUT2D eigenvalue weighted by molar-refractivity contribution is -0.174. The number of ether oxygens (including phenoxy) is 1. The van der Waals surface area contributed by atoms with Gasteiger partial charge in [-0.3, -0.25) is 9.58 Å². The Morgan fingerprint density at radius 1 is 1.08 bits per heavy atom. The molecule has 39 heavy (non-hydrogen) atoms. The normalized spacial score (nSPS) is 19.1. The van der Waals surface area contributed by atoms with E-state index in [9.17, 15) is 17.6 Å². The van der Waals surface area contributed by atoms with Crippen LogP contribution in [0.5, 0.6) is 0 Å². The topological polar surface area (TPSA) is 83.4 Å². The standard InChI is InChI=1S/C26H34F4N8O/c1-18-15-37(12-9-31-18)25-33-22-21(16-36-10-3-2-4-11-36)35-38(13-14-39-17-26(28,29)30)23(22)24(34-25)32-20-7-5-19(27)6-8-20/h5-8,18,31H,2-4,9-17H2,1H3,(H,32,33,34). The summed E-state index contributed by atoms with van der Waals surface area (Å²) in [6, 6.07) is 6.18. The average Bonchev–Trinajstić information content (AvgIpc) is 3.25. The van der Waals surface area contributed by atoms with Crippen LogP contribution >= 0.6 is 0 Å². The zero-order chi connectivity index (χ0) is 27.4. The highest BCUT2D eigenvalue weighted by Crippen LogP contribution is 2.30. The summed E-state index contributed by atoms with van der Waals surface area (Å²) in [7, 11) is 0. The summed E-state index contributed by atoms with van der Waals surface area (Å²) in [6.45, 7) is 5.43. The smallest absolute Gasteiger partial charge is 0.370 e. The second kappa shape index (κ2) is 12.0. The Morgan fingerprint density at radius 2 is 1.85 bits per heavy atom. The molecule has 1 atom stereocenters. The number of hydrogen-bond donors (Lipinski definition) is 2. The van der Waals surface area contributed by atoms with Gasteiger partial charge in [-0.2, -0.15) is 23.3 Å². The molecule has 3 aromatic rings. The van der Waals surface area contributed by atoms with Gasteiger partial charge in [-0.25, -0.2) is 9.37 Å². The van der Waals surface area contributed by atoms with Crippen molar-refractivity contribution < 1.29 is 22.3 Å². The van der Waals surface area contributed by atoms with Crippen LogP contribution in [-0.2, 0) is 17.8 Å². The molecule has 5 rings (SSSR count). The predicted molar refractivity (Wildman–Crippen MR) is 141 cm³/mol. The van der Waals surface area contributed by atoms with Gasteiger partial charge in [0.15, 0.2) is 5.82 Å². The summed E-state index contributed by atoms with van der Waals surface area (Å²) in [5.41, 5.74) is 2.59. The van der Waals surface area contributed by atoms with Crippen molar-refractivity contribution in [3.8, 4) is 0 Å². The molecule has 2 aromatic heterocycles. The Hall–Kier alpha value is -3.03. The number of fused-ring (bicyclic) bond motifs is 1. The molecule has 2 aliphatic heterocycles. The van der Waals surface area contributed by atoms with Crippen LogP contribution in [0.2, 0.25) is 0 Å². The van der Waals surface area contributed by atoms with Crippen molar-refractivity contribution in [3.05, 3.63) is 35.8 Å². The van der Waals surface area contributed by atoms with Crippen LogP contribution in [0.1, 0.15) is 31.9 Å². The molecule has 0 amide bonds. The number of likely N-dealkylation sites (tertiary alicyclic amines) is 1. The molecule has 2 fully saturated rings. The van der Waals surface area contributed by atoms with E-state index in [2.05, 4.69) is 27.4 Å². The maximum absolute atomic E-state index is 13.6. The van der Waals surface area contributed by atoms with Crippen molar-refractivity contribution in [2.75, 3.05) is 56.2 Å². The number of rotatable bonds is 9. The lowest BCUT2D eigenvalue weighted by atomic mass is 10.1. The summed E-state index contributed by atoms with van der Waals surface area (Å²) in [5.74, 6) is 0.647. The number of aromatic nitrogens is 4. The monoisotopic (exact) mass is 550 g/mol. The van der Waals surface area contributed by atoms with E-state index in [1.165, 1.54) is 18.6 Å². The lowest BCUT2D eigenvalue weighted by Gasteiger charge is -2.32. The minimum atomic E-state index is -4.40. The number of nitrogens with zero attached hydrogens (tertiary/aromatic N) is 6. The van der Waals surface area contributed by atoms with E-state index in [0.29, 0.717) is 35.0 Å². The van der Waals surface area contributed by atoms with Gasteiger partial charge in [0.1, 0.15) is 29.2 Å². The number of alkyl halides is 3. The molecule has 0 bridgehead atoms. The molecule has 0 saturated carbocycles. The largest absolute Gasteiger partial charge is 0.411 e. The van der Waals surface area contributed by atoms with Gasteiger partial charge < -0.3 is 20.3 Å². The Balaban J connectivity index is 1.55. The van der Waals surface area contributed by atoms with Crippen LogP contribution in [0.25, 0.3) is 11.0 Å². The maximum Gasteiger partial charge on any atom is 0.411 e. The van der Waals surface area contributed by atoms with E-state index in [-0.39, 0.29) is 25.0 Å². The van der Waals surface area contributed by atoms with Crippen LogP contribution < -0.4 is 15.5 Å². The minimum absolute atomic E-state index is 0.0953. The zero-order valence-electron chi connectivity index (χ0n) is 22.0. The number of nitrogens with one attached hydrogen (secondary N) is 2. The third-order valence-electron chi connectivity index (χ3n) is 6.94. The maximum atomic E-state index is 13.6. The molecule has 0 spiro atoms. The fourth-order valence-corrected chi connectivity index (χ4v) is 5.08. The molecule has 2 aliphatic rings. The first-order valence-electron chi connectivity index (χ1n) is 13.4. The van der Waals surface area contributed by atoms with E-state index < -0.39 is 12.8 Å². The van der Waals surface area contributed by atoms with Crippen LogP contribution in [0.3, 0.4) is 0 Å². The van der Waals surface area contributed by atoms with Crippen molar-refractivity contribution in [1.82, 2.24) is 30.0 Å². The molecule has 0 aliphatic carbocycles. The third kappa shape index (κ3) is 7.14. The SMILES string of the molecule is CC1CN(c2nc(Nc3ccc(F)cc3)c3c(n2)c(CN2CCCCC2)nn3CCOCC(F)(F)F)CCN1. The quantitative estimate of drug-likeness (QED) is 0.305. The third-order valence-corrected chi connectivity index (χ3v) is 6.94. The Kier molecular flexibility index (Phi) is 8.48. The molecule has 9 nitrogen and oxygen atoms in total. The van der Waals surface area contributed by atoms with Gasteiger partial charge in [-0.05, 0) is 57.1 Å².